The van der Waals surface area contributed by atoms with Gasteiger partial charge < -0.3 is 10.0 Å². The highest BCUT2D eigenvalue weighted by Crippen LogP contribution is 2.64. The zero-order valence-electron chi connectivity index (χ0n) is 10.2. The molecule has 1 heterocycles. The third-order valence-electron chi connectivity index (χ3n) is 3.90. The highest BCUT2D eigenvalue weighted by Gasteiger charge is 2.74. The molecular formula is C13H10BrF2NO3. The maximum Gasteiger partial charge on any atom is 0.323 e. The maximum atomic E-state index is 13.8. The van der Waals surface area contributed by atoms with Gasteiger partial charge >= 0.3 is 5.97 Å². The van der Waals surface area contributed by atoms with Crippen LogP contribution in [0.1, 0.15) is 22.3 Å². The zero-order valence-corrected chi connectivity index (χ0v) is 11.8. The summed E-state index contributed by atoms with van der Waals surface area (Å²) in [7, 11) is 0. The second-order valence-electron chi connectivity index (χ2n) is 5.21. The van der Waals surface area contributed by atoms with Crippen molar-refractivity contribution in [3.05, 3.63) is 33.8 Å². The van der Waals surface area contributed by atoms with Gasteiger partial charge in [0.25, 0.3) is 11.8 Å². The Labute approximate surface area is 121 Å². The molecule has 1 atom stereocenters. The SMILES string of the molecule is O=C(O)CN1CC2(CC2(F)F)c2cc(Br)ccc2C1=O. The molecule has 1 amide bonds. The summed E-state index contributed by atoms with van der Waals surface area (Å²) in [5.41, 5.74) is -0.962. The van der Waals surface area contributed by atoms with Crippen LogP contribution in [-0.4, -0.2) is 40.9 Å². The van der Waals surface area contributed by atoms with Gasteiger partial charge in [-0.1, -0.05) is 15.9 Å². The fourth-order valence-corrected chi connectivity index (χ4v) is 3.20. The Morgan fingerprint density at radius 1 is 1.45 bits per heavy atom. The number of fused-ring (bicyclic) bond motifs is 2. The number of amides is 1. The van der Waals surface area contributed by atoms with Crippen molar-refractivity contribution in [2.24, 2.45) is 0 Å². The number of carbonyl (C=O) groups is 2. The molecule has 0 saturated heterocycles. The lowest BCUT2D eigenvalue weighted by atomic mass is 9.86. The van der Waals surface area contributed by atoms with E-state index in [0.29, 0.717) is 10.0 Å². The van der Waals surface area contributed by atoms with Gasteiger partial charge in [0.1, 0.15) is 6.54 Å². The number of carboxylic acid groups (broad SMARTS) is 1. The number of carboxylic acids is 1. The first-order valence-corrected chi connectivity index (χ1v) is 6.75. The molecule has 1 N–H and O–H groups in total. The molecule has 0 radical (unpaired) electrons. The van der Waals surface area contributed by atoms with E-state index >= 15 is 0 Å². The van der Waals surface area contributed by atoms with E-state index in [1.807, 2.05) is 0 Å². The van der Waals surface area contributed by atoms with Crippen molar-refractivity contribution >= 4 is 27.8 Å². The van der Waals surface area contributed by atoms with Gasteiger partial charge in [0.05, 0.1) is 5.41 Å². The number of halogens is 3. The third-order valence-corrected chi connectivity index (χ3v) is 4.39. The molecule has 1 fully saturated rings. The number of hydrogen-bond donors (Lipinski definition) is 1. The van der Waals surface area contributed by atoms with Crippen LogP contribution < -0.4 is 0 Å². The Morgan fingerprint density at radius 2 is 2.10 bits per heavy atom. The van der Waals surface area contributed by atoms with E-state index in [1.54, 1.807) is 6.07 Å². The van der Waals surface area contributed by atoms with Crippen molar-refractivity contribution in [1.29, 1.82) is 0 Å². The molecule has 4 nitrogen and oxygen atoms in total. The number of rotatable bonds is 2. The van der Waals surface area contributed by atoms with Gasteiger partial charge in [0, 0.05) is 23.0 Å². The minimum Gasteiger partial charge on any atom is -0.480 e. The molecular weight excluding hydrogens is 336 g/mol. The molecule has 3 rings (SSSR count). The van der Waals surface area contributed by atoms with E-state index in [0.717, 1.165) is 4.90 Å². The Bertz CT molecular complexity index is 634. The summed E-state index contributed by atoms with van der Waals surface area (Å²) in [6.07, 6.45) is -0.354. The van der Waals surface area contributed by atoms with Crippen LogP contribution in [0.2, 0.25) is 0 Å². The van der Waals surface area contributed by atoms with E-state index in [-0.39, 0.29) is 18.5 Å². The topological polar surface area (TPSA) is 57.6 Å². The Balaban J connectivity index is 2.11. The normalized spacial score (nSPS) is 26.6. The summed E-state index contributed by atoms with van der Waals surface area (Å²) in [6.45, 7) is -0.819. The van der Waals surface area contributed by atoms with Gasteiger partial charge in [-0.25, -0.2) is 8.78 Å². The predicted octanol–water partition coefficient (Wildman–Crippen LogP) is 2.27. The van der Waals surface area contributed by atoms with Crippen LogP contribution >= 0.6 is 15.9 Å². The molecule has 1 saturated carbocycles. The third kappa shape index (κ3) is 1.76. The van der Waals surface area contributed by atoms with Crippen LogP contribution in [0.3, 0.4) is 0 Å². The summed E-state index contributed by atoms with van der Waals surface area (Å²) in [4.78, 5) is 24.0. The first-order valence-electron chi connectivity index (χ1n) is 5.96. The lowest BCUT2D eigenvalue weighted by Gasteiger charge is -2.34. The fraction of sp³-hybridized carbons (Fsp3) is 0.385. The standard InChI is InChI=1S/C13H10BrF2NO3/c14-7-1-2-8-9(3-7)12(5-13(12,15)16)6-17(11(8)20)4-10(18)19/h1-3H,4-6H2,(H,18,19). The second-order valence-corrected chi connectivity index (χ2v) is 6.12. The van der Waals surface area contributed by atoms with Crippen molar-refractivity contribution in [2.45, 2.75) is 17.8 Å². The quantitative estimate of drug-likeness (QED) is 0.894. The zero-order chi connectivity index (χ0) is 14.7. The van der Waals surface area contributed by atoms with E-state index in [2.05, 4.69) is 15.9 Å². The van der Waals surface area contributed by atoms with Crippen molar-refractivity contribution in [2.75, 3.05) is 13.1 Å². The van der Waals surface area contributed by atoms with Gasteiger partial charge in [-0.05, 0) is 23.8 Å². The number of benzene rings is 1. The molecule has 1 aromatic rings. The largest absolute Gasteiger partial charge is 0.480 e. The Hall–Kier alpha value is -1.50. The van der Waals surface area contributed by atoms with Gasteiger partial charge in [-0.3, -0.25) is 9.59 Å². The van der Waals surface area contributed by atoms with Gasteiger partial charge in [-0.15, -0.1) is 0 Å². The van der Waals surface area contributed by atoms with Crippen LogP contribution in [0.4, 0.5) is 8.78 Å². The Kier molecular flexibility index (Phi) is 2.70. The molecule has 20 heavy (non-hydrogen) atoms. The number of nitrogens with zero attached hydrogens (tertiary/aromatic N) is 1. The molecule has 0 aromatic heterocycles. The average Bonchev–Trinajstić information content (AvgIpc) is 2.88. The summed E-state index contributed by atoms with van der Waals surface area (Å²) in [5.74, 6) is -4.62. The maximum absolute atomic E-state index is 13.8. The van der Waals surface area contributed by atoms with E-state index < -0.39 is 29.8 Å². The smallest absolute Gasteiger partial charge is 0.323 e. The van der Waals surface area contributed by atoms with Crippen LogP contribution in [0.15, 0.2) is 22.7 Å². The summed E-state index contributed by atoms with van der Waals surface area (Å²) >= 11 is 3.22. The molecule has 2 aliphatic rings. The molecule has 106 valence electrons. The highest BCUT2D eigenvalue weighted by molar-refractivity contribution is 9.10. The lowest BCUT2D eigenvalue weighted by molar-refractivity contribution is -0.138. The number of hydrogen-bond acceptors (Lipinski definition) is 2. The summed E-state index contributed by atoms with van der Waals surface area (Å²) in [6, 6.07) is 4.59. The summed E-state index contributed by atoms with van der Waals surface area (Å²) < 4.78 is 28.3. The lowest BCUT2D eigenvalue weighted by Crippen LogP contribution is -2.47. The van der Waals surface area contributed by atoms with Crippen LogP contribution in [0, 0.1) is 0 Å². The molecule has 1 spiro atoms. The summed E-state index contributed by atoms with van der Waals surface area (Å²) in [5, 5.41) is 8.81. The van der Waals surface area contributed by atoms with Crippen LogP contribution in [-0.2, 0) is 10.2 Å². The molecule has 1 aromatic carbocycles. The highest BCUT2D eigenvalue weighted by atomic mass is 79.9. The predicted molar refractivity (Wildman–Crippen MR) is 68.9 cm³/mol. The molecule has 1 unspecified atom stereocenters. The molecule has 1 aliphatic carbocycles. The van der Waals surface area contributed by atoms with Gasteiger partial charge in [0.15, 0.2) is 0 Å². The van der Waals surface area contributed by atoms with E-state index in [1.165, 1.54) is 12.1 Å². The van der Waals surface area contributed by atoms with Crippen molar-refractivity contribution in [1.82, 2.24) is 4.90 Å². The first-order chi connectivity index (χ1) is 9.27. The minimum absolute atomic E-state index is 0.165. The molecule has 7 heteroatoms. The number of carbonyl (C=O) groups excluding carboxylic acids is 1. The van der Waals surface area contributed by atoms with Crippen molar-refractivity contribution < 1.29 is 23.5 Å². The van der Waals surface area contributed by atoms with Gasteiger partial charge in [-0.2, -0.15) is 0 Å². The van der Waals surface area contributed by atoms with Crippen molar-refractivity contribution in [3.8, 4) is 0 Å². The van der Waals surface area contributed by atoms with Crippen molar-refractivity contribution in [3.63, 3.8) is 0 Å². The molecule has 1 aliphatic heterocycles. The van der Waals surface area contributed by atoms with E-state index in [4.69, 9.17) is 5.11 Å². The fourth-order valence-electron chi connectivity index (χ4n) is 2.84. The Morgan fingerprint density at radius 3 is 2.65 bits per heavy atom. The van der Waals surface area contributed by atoms with Crippen LogP contribution in [0.25, 0.3) is 0 Å². The molecule has 0 bridgehead atoms. The number of alkyl halides is 2. The second kappa shape index (κ2) is 4.00. The van der Waals surface area contributed by atoms with Crippen LogP contribution in [0.5, 0.6) is 0 Å². The minimum atomic E-state index is -2.90. The monoisotopic (exact) mass is 345 g/mol. The number of aliphatic carboxylic acids is 1. The van der Waals surface area contributed by atoms with Gasteiger partial charge in [0.2, 0.25) is 0 Å². The first kappa shape index (κ1) is 13.5. The van der Waals surface area contributed by atoms with E-state index in [9.17, 15) is 18.4 Å². The average molecular weight is 346 g/mol.